The van der Waals surface area contributed by atoms with Crippen LogP contribution in [0, 0.1) is 0 Å². The van der Waals surface area contributed by atoms with Crippen molar-refractivity contribution in [3.05, 3.63) is 52.8 Å². The molecular formula is C14H13BrN2O3. The van der Waals surface area contributed by atoms with Crippen molar-refractivity contribution < 1.29 is 14.3 Å². The Morgan fingerprint density at radius 1 is 1.35 bits per heavy atom. The van der Waals surface area contributed by atoms with Crippen LogP contribution in [0.1, 0.15) is 5.56 Å². The molecule has 0 saturated heterocycles. The lowest BCUT2D eigenvalue weighted by molar-refractivity contribution is 0.155. The Morgan fingerprint density at radius 3 is 2.80 bits per heavy atom. The van der Waals surface area contributed by atoms with Gasteiger partial charge in [-0.1, -0.05) is 30.3 Å². The fourth-order valence-electron chi connectivity index (χ4n) is 1.52. The van der Waals surface area contributed by atoms with Crippen molar-refractivity contribution >= 4 is 27.7 Å². The number of rotatable bonds is 4. The van der Waals surface area contributed by atoms with Crippen LogP contribution in [-0.2, 0) is 11.3 Å². The maximum absolute atomic E-state index is 11.7. The summed E-state index contributed by atoms with van der Waals surface area (Å²) in [5, 5.41) is 2.59. The molecule has 2 rings (SSSR count). The summed E-state index contributed by atoms with van der Waals surface area (Å²) < 4.78 is 10.8. The van der Waals surface area contributed by atoms with Crippen LogP contribution in [-0.4, -0.2) is 18.2 Å². The van der Waals surface area contributed by atoms with E-state index in [1.807, 2.05) is 30.3 Å². The molecule has 0 radical (unpaired) electrons. The molecule has 1 aromatic carbocycles. The number of carbonyl (C=O) groups excluding carboxylic acids is 1. The van der Waals surface area contributed by atoms with E-state index in [4.69, 9.17) is 9.47 Å². The molecule has 0 aliphatic rings. The Kier molecular flexibility index (Phi) is 4.95. The molecule has 0 spiro atoms. The van der Waals surface area contributed by atoms with E-state index in [1.54, 1.807) is 6.07 Å². The monoisotopic (exact) mass is 336 g/mol. The van der Waals surface area contributed by atoms with Crippen molar-refractivity contribution in [1.82, 2.24) is 4.98 Å². The van der Waals surface area contributed by atoms with Gasteiger partial charge in [0, 0.05) is 6.07 Å². The third-order valence-electron chi connectivity index (χ3n) is 2.49. The van der Waals surface area contributed by atoms with Gasteiger partial charge in [0.2, 0.25) is 0 Å². The normalized spacial score (nSPS) is 9.90. The number of halogens is 1. The second-order valence-corrected chi connectivity index (χ2v) is 4.65. The minimum Gasteiger partial charge on any atom is -0.494 e. The minimum atomic E-state index is -0.542. The number of amides is 1. The van der Waals surface area contributed by atoms with Gasteiger partial charge in [-0.25, -0.2) is 9.78 Å². The number of nitrogens with zero attached hydrogens (tertiary/aromatic N) is 1. The maximum atomic E-state index is 11.7. The average molecular weight is 337 g/mol. The smallest absolute Gasteiger partial charge is 0.412 e. The highest BCUT2D eigenvalue weighted by atomic mass is 79.9. The molecule has 5 nitrogen and oxygen atoms in total. The topological polar surface area (TPSA) is 60.5 Å². The fraction of sp³-hybridized carbons (Fsp3) is 0.143. The fourth-order valence-corrected chi connectivity index (χ4v) is 1.90. The van der Waals surface area contributed by atoms with Crippen LogP contribution in [0.15, 0.2) is 47.2 Å². The number of anilines is 1. The van der Waals surface area contributed by atoms with E-state index in [2.05, 4.69) is 26.2 Å². The van der Waals surface area contributed by atoms with Gasteiger partial charge >= 0.3 is 6.09 Å². The van der Waals surface area contributed by atoms with Crippen LogP contribution in [0.3, 0.4) is 0 Å². The average Bonchev–Trinajstić information content (AvgIpc) is 2.48. The molecule has 1 amide bonds. The van der Waals surface area contributed by atoms with E-state index in [1.165, 1.54) is 13.3 Å². The number of hydrogen-bond acceptors (Lipinski definition) is 4. The first kappa shape index (κ1) is 14.3. The van der Waals surface area contributed by atoms with Gasteiger partial charge in [0.15, 0.2) is 5.75 Å². The number of benzene rings is 1. The van der Waals surface area contributed by atoms with Crippen molar-refractivity contribution in [2.45, 2.75) is 6.61 Å². The Hall–Kier alpha value is -2.08. The Bertz CT molecular complexity index is 590. The zero-order valence-electron chi connectivity index (χ0n) is 10.8. The summed E-state index contributed by atoms with van der Waals surface area (Å²) in [4.78, 5) is 15.7. The first-order chi connectivity index (χ1) is 9.69. The number of pyridine rings is 1. The zero-order valence-corrected chi connectivity index (χ0v) is 12.4. The molecule has 0 atom stereocenters. The molecule has 104 valence electrons. The van der Waals surface area contributed by atoms with Crippen LogP contribution in [0.2, 0.25) is 0 Å². The predicted octanol–water partition coefficient (Wildman–Crippen LogP) is 3.60. The van der Waals surface area contributed by atoms with Crippen LogP contribution in [0.4, 0.5) is 10.5 Å². The van der Waals surface area contributed by atoms with Gasteiger partial charge in [-0.15, -0.1) is 0 Å². The van der Waals surface area contributed by atoms with Gasteiger partial charge in [-0.2, -0.15) is 0 Å². The van der Waals surface area contributed by atoms with Gasteiger partial charge in [-0.05, 0) is 21.5 Å². The molecule has 0 saturated carbocycles. The van der Waals surface area contributed by atoms with Crippen LogP contribution in [0.5, 0.6) is 5.75 Å². The Morgan fingerprint density at radius 2 is 2.10 bits per heavy atom. The molecule has 1 aromatic heterocycles. The molecule has 0 unspecified atom stereocenters. The van der Waals surface area contributed by atoms with Crippen LogP contribution >= 0.6 is 15.9 Å². The third kappa shape index (κ3) is 3.96. The lowest BCUT2D eigenvalue weighted by Crippen LogP contribution is -2.13. The van der Waals surface area contributed by atoms with Gasteiger partial charge in [-0.3, -0.25) is 5.32 Å². The number of aromatic nitrogens is 1. The van der Waals surface area contributed by atoms with Gasteiger partial charge in [0.1, 0.15) is 11.2 Å². The quantitative estimate of drug-likeness (QED) is 0.866. The molecule has 0 aliphatic heterocycles. The van der Waals surface area contributed by atoms with Gasteiger partial charge in [0.05, 0.1) is 19.0 Å². The first-order valence-corrected chi connectivity index (χ1v) is 6.65. The third-order valence-corrected chi connectivity index (χ3v) is 3.08. The van der Waals surface area contributed by atoms with Crippen molar-refractivity contribution in [3.63, 3.8) is 0 Å². The second-order valence-electron chi connectivity index (χ2n) is 3.90. The summed E-state index contributed by atoms with van der Waals surface area (Å²) in [6.45, 7) is 0.216. The highest BCUT2D eigenvalue weighted by Gasteiger charge is 2.07. The van der Waals surface area contributed by atoms with E-state index < -0.39 is 6.09 Å². The minimum absolute atomic E-state index is 0.216. The Balaban J connectivity index is 1.91. The highest BCUT2D eigenvalue weighted by molar-refractivity contribution is 9.10. The van der Waals surface area contributed by atoms with Crippen molar-refractivity contribution in [2.75, 3.05) is 12.4 Å². The second kappa shape index (κ2) is 6.91. The summed E-state index contributed by atoms with van der Waals surface area (Å²) in [6.07, 6.45) is 0.969. The van der Waals surface area contributed by atoms with E-state index >= 15 is 0 Å². The summed E-state index contributed by atoms with van der Waals surface area (Å²) in [5.41, 5.74) is 1.43. The lowest BCUT2D eigenvalue weighted by atomic mass is 10.2. The Labute approximate surface area is 125 Å². The van der Waals surface area contributed by atoms with Crippen molar-refractivity contribution in [1.29, 1.82) is 0 Å². The van der Waals surface area contributed by atoms with E-state index in [-0.39, 0.29) is 6.61 Å². The maximum Gasteiger partial charge on any atom is 0.412 e. The van der Waals surface area contributed by atoms with Crippen LogP contribution in [0.25, 0.3) is 0 Å². The first-order valence-electron chi connectivity index (χ1n) is 5.86. The van der Waals surface area contributed by atoms with E-state index in [0.29, 0.717) is 16.0 Å². The van der Waals surface area contributed by atoms with Gasteiger partial charge in [0.25, 0.3) is 0 Å². The molecule has 2 aromatic rings. The standard InChI is InChI=1S/C14H13BrN2O3/c1-19-12-7-11(8-16-13(12)15)17-14(18)20-9-10-5-3-2-4-6-10/h2-8H,9H2,1H3,(H,17,18). The van der Waals surface area contributed by atoms with Crippen molar-refractivity contribution in [3.8, 4) is 5.75 Å². The molecule has 0 fully saturated rings. The van der Waals surface area contributed by atoms with Crippen LogP contribution < -0.4 is 10.1 Å². The van der Waals surface area contributed by atoms with E-state index in [9.17, 15) is 4.79 Å². The lowest BCUT2D eigenvalue weighted by Gasteiger charge is -2.08. The van der Waals surface area contributed by atoms with Gasteiger partial charge < -0.3 is 9.47 Å². The largest absolute Gasteiger partial charge is 0.494 e. The number of carbonyl (C=O) groups is 1. The summed E-state index contributed by atoms with van der Waals surface area (Å²) in [7, 11) is 1.53. The predicted molar refractivity (Wildman–Crippen MR) is 78.7 cm³/mol. The summed E-state index contributed by atoms with van der Waals surface area (Å²) in [6, 6.07) is 11.1. The number of ether oxygens (including phenoxy) is 2. The molecule has 0 aliphatic carbocycles. The van der Waals surface area contributed by atoms with E-state index in [0.717, 1.165) is 5.56 Å². The zero-order chi connectivity index (χ0) is 14.4. The molecule has 1 heterocycles. The number of nitrogens with one attached hydrogen (secondary N) is 1. The van der Waals surface area contributed by atoms with Crippen molar-refractivity contribution in [2.24, 2.45) is 0 Å². The summed E-state index contributed by atoms with van der Waals surface area (Å²) >= 11 is 3.24. The SMILES string of the molecule is COc1cc(NC(=O)OCc2ccccc2)cnc1Br. The molecule has 6 heteroatoms. The molecular weight excluding hydrogens is 324 g/mol. The number of methoxy groups -OCH3 is 1. The molecule has 0 bridgehead atoms. The number of hydrogen-bond donors (Lipinski definition) is 1. The molecule has 1 N–H and O–H groups in total. The highest BCUT2D eigenvalue weighted by Crippen LogP contribution is 2.25. The molecule has 20 heavy (non-hydrogen) atoms. The summed E-state index contributed by atoms with van der Waals surface area (Å²) in [5.74, 6) is 0.533.